The number of hydrogen-bond donors (Lipinski definition) is 1. The quantitative estimate of drug-likeness (QED) is 0.885. The highest BCUT2D eigenvalue weighted by atomic mass is 16.5. The zero-order chi connectivity index (χ0) is 18.8. The van der Waals surface area contributed by atoms with Gasteiger partial charge in [-0.2, -0.15) is 0 Å². The molecule has 4 heterocycles. The van der Waals surface area contributed by atoms with Gasteiger partial charge in [0.25, 0.3) is 0 Å². The summed E-state index contributed by atoms with van der Waals surface area (Å²) in [5.41, 5.74) is 2.73. The third-order valence-electron chi connectivity index (χ3n) is 6.38. The van der Waals surface area contributed by atoms with Crippen molar-refractivity contribution in [3.05, 3.63) is 35.5 Å². The van der Waals surface area contributed by atoms with Crippen LogP contribution in [0.5, 0.6) is 0 Å². The molecule has 5 rings (SSSR count). The molecule has 2 atom stereocenters. The van der Waals surface area contributed by atoms with Crippen molar-refractivity contribution in [1.82, 2.24) is 14.8 Å². The molecule has 2 aromatic rings. The average molecular weight is 367 g/mol. The Kier molecular flexibility index (Phi) is 3.63. The molecule has 1 aromatic heterocycles. The number of piperazine rings is 1. The van der Waals surface area contributed by atoms with E-state index in [0.717, 1.165) is 41.6 Å². The summed E-state index contributed by atoms with van der Waals surface area (Å²) in [4.78, 5) is 33.4. The highest BCUT2D eigenvalue weighted by Crippen LogP contribution is 2.42. The molecule has 0 aliphatic carbocycles. The second-order valence-corrected chi connectivity index (χ2v) is 8.42. The molecule has 1 aromatic carbocycles. The normalized spacial score (nSPS) is 27.2. The van der Waals surface area contributed by atoms with Gasteiger partial charge in [-0.3, -0.25) is 9.59 Å². The fourth-order valence-corrected chi connectivity index (χ4v) is 5.13. The molecule has 2 amide bonds. The number of carbonyl (C=O) groups is 2. The molecule has 3 aliphatic rings. The van der Waals surface area contributed by atoms with Crippen LogP contribution in [0.1, 0.15) is 37.9 Å². The van der Waals surface area contributed by atoms with E-state index in [9.17, 15) is 9.59 Å². The summed E-state index contributed by atoms with van der Waals surface area (Å²) in [5, 5.41) is 1.15. The fraction of sp³-hybridized carbons (Fsp3) is 0.524. The van der Waals surface area contributed by atoms with Gasteiger partial charge < -0.3 is 19.5 Å². The monoisotopic (exact) mass is 367 g/mol. The second kappa shape index (κ2) is 5.83. The Labute approximate surface area is 158 Å². The highest BCUT2D eigenvalue weighted by molar-refractivity contribution is 5.97. The molecular formula is C21H25N3O3. The first-order valence-electron chi connectivity index (χ1n) is 9.79. The van der Waals surface area contributed by atoms with Crippen molar-refractivity contribution in [3.63, 3.8) is 0 Å². The van der Waals surface area contributed by atoms with Crippen LogP contribution in [0.2, 0.25) is 0 Å². The highest BCUT2D eigenvalue weighted by Gasteiger charge is 2.51. The first kappa shape index (κ1) is 16.8. The fourth-order valence-electron chi connectivity index (χ4n) is 5.13. The van der Waals surface area contributed by atoms with Crippen molar-refractivity contribution in [2.24, 2.45) is 0 Å². The summed E-state index contributed by atoms with van der Waals surface area (Å²) in [6.07, 6.45) is 2.62. The van der Waals surface area contributed by atoms with Crippen molar-refractivity contribution >= 4 is 22.7 Å². The summed E-state index contributed by atoms with van der Waals surface area (Å²) in [6.45, 7) is 5.49. The van der Waals surface area contributed by atoms with Crippen molar-refractivity contribution in [2.45, 2.75) is 50.8 Å². The standard InChI is InChI=1S/C21H25N3O3/c1-21(2)19-15(14-7-3-4-8-16(14)22-19)10-17-20(26)23(12-18(25)24(17)21)11-13-6-5-9-27-13/h3-4,7-8,13,17,22H,5-6,9-12H2,1-2H3/t13?,17-/m0/s1. The lowest BCUT2D eigenvalue weighted by Gasteiger charge is -2.51. The Morgan fingerprint density at radius 2 is 2.07 bits per heavy atom. The summed E-state index contributed by atoms with van der Waals surface area (Å²) < 4.78 is 5.69. The van der Waals surface area contributed by atoms with E-state index < -0.39 is 11.6 Å². The molecule has 0 radical (unpaired) electrons. The molecule has 0 saturated carbocycles. The van der Waals surface area contributed by atoms with E-state index in [1.165, 1.54) is 0 Å². The first-order chi connectivity index (χ1) is 13.0. The molecule has 2 fully saturated rings. The Morgan fingerprint density at radius 3 is 2.85 bits per heavy atom. The van der Waals surface area contributed by atoms with E-state index in [-0.39, 0.29) is 24.5 Å². The van der Waals surface area contributed by atoms with Crippen molar-refractivity contribution in [3.8, 4) is 0 Å². The van der Waals surface area contributed by atoms with E-state index in [2.05, 4.69) is 17.1 Å². The molecule has 142 valence electrons. The maximum absolute atomic E-state index is 13.3. The maximum Gasteiger partial charge on any atom is 0.246 e. The summed E-state index contributed by atoms with van der Waals surface area (Å²) in [7, 11) is 0. The molecule has 1 unspecified atom stereocenters. The number of nitrogens with zero attached hydrogens (tertiary/aromatic N) is 2. The van der Waals surface area contributed by atoms with Crippen LogP contribution in [0.4, 0.5) is 0 Å². The van der Waals surface area contributed by atoms with Gasteiger partial charge in [0, 0.05) is 36.2 Å². The van der Waals surface area contributed by atoms with E-state index in [4.69, 9.17) is 4.74 Å². The van der Waals surface area contributed by atoms with Crippen molar-refractivity contribution in [2.75, 3.05) is 19.7 Å². The SMILES string of the molecule is CC1(C)c2[nH]c3ccccc3c2C[C@H]2C(=O)N(CC3CCCO3)CC(=O)N21. The van der Waals surface area contributed by atoms with Crippen LogP contribution in [0.15, 0.2) is 24.3 Å². The zero-order valence-electron chi connectivity index (χ0n) is 15.8. The number of ether oxygens (including phenoxy) is 1. The maximum atomic E-state index is 13.3. The van der Waals surface area contributed by atoms with Crippen LogP contribution < -0.4 is 0 Å². The number of para-hydroxylation sites is 1. The molecule has 3 aliphatic heterocycles. The largest absolute Gasteiger partial charge is 0.376 e. The number of benzene rings is 1. The number of amides is 2. The van der Waals surface area contributed by atoms with Gasteiger partial charge in [-0.25, -0.2) is 0 Å². The van der Waals surface area contributed by atoms with Crippen LogP contribution in [-0.2, 0) is 26.3 Å². The number of fused-ring (bicyclic) bond motifs is 4. The van der Waals surface area contributed by atoms with Crippen molar-refractivity contribution < 1.29 is 14.3 Å². The van der Waals surface area contributed by atoms with Gasteiger partial charge in [0.05, 0.1) is 18.2 Å². The molecular weight excluding hydrogens is 342 g/mol. The smallest absolute Gasteiger partial charge is 0.246 e. The zero-order valence-corrected chi connectivity index (χ0v) is 15.8. The minimum absolute atomic E-state index is 0.0203. The van der Waals surface area contributed by atoms with Gasteiger partial charge >= 0.3 is 0 Å². The first-order valence-corrected chi connectivity index (χ1v) is 9.79. The van der Waals surface area contributed by atoms with E-state index in [1.807, 2.05) is 26.0 Å². The summed E-state index contributed by atoms with van der Waals surface area (Å²) in [5.74, 6) is 0.0704. The molecule has 0 spiro atoms. The Bertz CT molecular complexity index is 926. The lowest BCUT2D eigenvalue weighted by atomic mass is 9.82. The number of rotatable bonds is 2. The third kappa shape index (κ3) is 2.42. The van der Waals surface area contributed by atoms with Crippen LogP contribution in [-0.4, -0.2) is 58.4 Å². The number of H-pyrrole nitrogens is 1. The minimum atomic E-state index is -0.542. The van der Waals surface area contributed by atoms with Gasteiger partial charge in [-0.15, -0.1) is 0 Å². The van der Waals surface area contributed by atoms with E-state index in [1.54, 1.807) is 9.80 Å². The van der Waals surface area contributed by atoms with Gasteiger partial charge in [0.15, 0.2) is 0 Å². The van der Waals surface area contributed by atoms with Crippen molar-refractivity contribution in [1.29, 1.82) is 0 Å². The Balaban J connectivity index is 1.54. The molecule has 0 bridgehead atoms. The van der Waals surface area contributed by atoms with Crippen LogP contribution in [0, 0.1) is 0 Å². The predicted octanol–water partition coefficient (Wildman–Crippen LogP) is 2.18. The molecule has 6 nitrogen and oxygen atoms in total. The van der Waals surface area contributed by atoms with E-state index in [0.29, 0.717) is 13.0 Å². The second-order valence-electron chi connectivity index (χ2n) is 8.42. The topological polar surface area (TPSA) is 65.6 Å². The van der Waals surface area contributed by atoms with Gasteiger partial charge in [0.2, 0.25) is 11.8 Å². The average Bonchev–Trinajstić information content (AvgIpc) is 3.27. The van der Waals surface area contributed by atoms with Gasteiger partial charge in [-0.1, -0.05) is 18.2 Å². The number of aromatic nitrogens is 1. The van der Waals surface area contributed by atoms with Gasteiger partial charge in [0.1, 0.15) is 6.04 Å². The molecule has 27 heavy (non-hydrogen) atoms. The van der Waals surface area contributed by atoms with Gasteiger partial charge in [-0.05, 0) is 38.3 Å². The Morgan fingerprint density at radius 1 is 1.26 bits per heavy atom. The minimum Gasteiger partial charge on any atom is -0.376 e. The molecule has 1 N–H and O–H groups in total. The Hall–Kier alpha value is -2.34. The molecule has 6 heteroatoms. The number of carbonyl (C=O) groups excluding carboxylic acids is 2. The third-order valence-corrected chi connectivity index (χ3v) is 6.38. The number of nitrogens with one attached hydrogen (secondary N) is 1. The van der Waals surface area contributed by atoms with Crippen LogP contribution in [0.3, 0.4) is 0 Å². The number of hydrogen-bond acceptors (Lipinski definition) is 3. The lowest BCUT2D eigenvalue weighted by Crippen LogP contribution is -2.67. The van der Waals surface area contributed by atoms with E-state index >= 15 is 0 Å². The predicted molar refractivity (Wildman–Crippen MR) is 101 cm³/mol. The summed E-state index contributed by atoms with van der Waals surface area (Å²) >= 11 is 0. The van der Waals surface area contributed by atoms with Crippen LogP contribution in [0.25, 0.3) is 10.9 Å². The molecule has 2 saturated heterocycles. The van der Waals surface area contributed by atoms with Crippen LogP contribution >= 0.6 is 0 Å². The summed E-state index contributed by atoms with van der Waals surface area (Å²) in [6, 6.07) is 7.73. The lowest BCUT2D eigenvalue weighted by molar-refractivity contribution is -0.165. The number of aromatic amines is 1.